The van der Waals surface area contributed by atoms with Crippen LogP contribution in [0.15, 0.2) is 24.3 Å². The van der Waals surface area contributed by atoms with E-state index in [2.05, 4.69) is 42.6 Å². The second-order valence-electron chi connectivity index (χ2n) is 5.73. The van der Waals surface area contributed by atoms with Gasteiger partial charge in [-0.05, 0) is 49.4 Å². The van der Waals surface area contributed by atoms with Gasteiger partial charge in [0.05, 0.1) is 6.04 Å². The van der Waals surface area contributed by atoms with Crippen LogP contribution in [0.1, 0.15) is 44.8 Å². The van der Waals surface area contributed by atoms with Crippen LogP contribution >= 0.6 is 0 Å². The van der Waals surface area contributed by atoms with Crippen LogP contribution in [-0.4, -0.2) is 18.9 Å². The van der Waals surface area contributed by atoms with Crippen molar-refractivity contribution in [2.24, 2.45) is 5.92 Å². The number of hydrogen-bond acceptors (Lipinski definition) is 2. The van der Waals surface area contributed by atoms with Crippen molar-refractivity contribution in [2.75, 3.05) is 7.05 Å². The van der Waals surface area contributed by atoms with Crippen LogP contribution in [0.25, 0.3) is 6.08 Å². The highest BCUT2D eigenvalue weighted by Gasteiger charge is 2.21. The van der Waals surface area contributed by atoms with Crippen LogP contribution < -0.4 is 5.32 Å². The van der Waals surface area contributed by atoms with E-state index in [-0.39, 0.29) is 13.4 Å². The van der Waals surface area contributed by atoms with Crippen molar-refractivity contribution in [3.8, 4) is 0 Å². The Morgan fingerprint density at radius 3 is 2.95 bits per heavy atom. The van der Waals surface area contributed by atoms with E-state index >= 15 is 0 Å². The van der Waals surface area contributed by atoms with Gasteiger partial charge in [-0.15, -0.1) is 0 Å². The largest absolute Gasteiger partial charge is 0.310 e. The fraction of sp³-hybridized carbons (Fsp3) is 0.500. The van der Waals surface area contributed by atoms with E-state index in [1.54, 1.807) is 0 Å². The Hall–Kier alpha value is -1.41. The summed E-state index contributed by atoms with van der Waals surface area (Å²) >= 11 is 0. The average molecular weight is 273 g/mol. The van der Waals surface area contributed by atoms with Crippen molar-refractivity contribution in [1.29, 1.82) is 0 Å². The molecule has 0 heterocycles. The number of benzene rings is 1. The predicted octanol–water partition coefficient (Wildman–Crippen LogP) is 3.64. The van der Waals surface area contributed by atoms with Gasteiger partial charge in [0.1, 0.15) is 0 Å². The van der Waals surface area contributed by atoms with Gasteiger partial charge in [0, 0.05) is 7.34 Å². The lowest BCUT2D eigenvalue weighted by Crippen LogP contribution is -2.39. The third kappa shape index (κ3) is 3.37. The van der Waals surface area contributed by atoms with E-state index in [1.807, 2.05) is 14.0 Å². The second kappa shape index (κ2) is 6.85. The standard InChI is InChI=1S/C18H25NO.H2/c1-4-13(2)18(20)17(19-3)12-14-9-10-15-7-5-6-8-16(15)11-14;/h6,8-11,13,17,19H,4-5,7,12H2,1-3H3;1H/t13?,17-;/m0./s1. The first-order valence-electron chi connectivity index (χ1n) is 7.65. The third-order valence-corrected chi connectivity index (χ3v) is 4.32. The Bertz CT molecular complexity index is 510. The quantitative estimate of drug-likeness (QED) is 0.857. The van der Waals surface area contributed by atoms with Crippen molar-refractivity contribution >= 4 is 11.9 Å². The first-order valence-corrected chi connectivity index (χ1v) is 7.65. The van der Waals surface area contributed by atoms with E-state index in [4.69, 9.17) is 0 Å². The summed E-state index contributed by atoms with van der Waals surface area (Å²) in [6, 6.07) is 6.55. The van der Waals surface area contributed by atoms with Crippen molar-refractivity contribution in [3.63, 3.8) is 0 Å². The summed E-state index contributed by atoms with van der Waals surface area (Å²) in [5.41, 5.74) is 3.98. The van der Waals surface area contributed by atoms with E-state index in [9.17, 15) is 4.79 Å². The molecule has 2 heteroatoms. The monoisotopic (exact) mass is 273 g/mol. The minimum atomic E-state index is -0.0735. The van der Waals surface area contributed by atoms with Gasteiger partial charge >= 0.3 is 0 Å². The van der Waals surface area contributed by atoms with Gasteiger partial charge in [0.2, 0.25) is 0 Å². The van der Waals surface area contributed by atoms with E-state index in [1.165, 1.54) is 16.7 Å². The summed E-state index contributed by atoms with van der Waals surface area (Å²) in [6.45, 7) is 4.08. The molecule has 1 N–H and O–H groups in total. The molecule has 0 saturated heterocycles. The number of carbonyl (C=O) groups is 1. The Balaban J connectivity index is 0.00000220. The van der Waals surface area contributed by atoms with Crippen LogP contribution in [-0.2, 0) is 17.6 Å². The summed E-state index contributed by atoms with van der Waals surface area (Å²) in [6.07, 6.45) is 8.38. The number of rotatable bonds is 6. The highest BCUT2D eigenvalue weighted by molar-refractivity contribution is 5.86. The molecule has 0 fully saturated rings. The van der Waals surface area contributed by atoms with Gasteiger partial charge in [-0.1, -0.05) is 44.2 Å². The second-order valence-corrected chi connectivity index (χ2v) is 5.73. The lowest BCUT2D eigenvalue weighted by molar-refractivity contribution is -0.124. The average Bonchev–Trinajstić information content (AvgIpc) is 2.50. The highest BCUT2D eigenvalue weighted by atomic mass is 16.1. The number of hydrogen-bond donors (Lipinski definition) is 1. The number of fused-ring (bicyclic) bond motifs is 1. The molecule has 20 heavy (non-hydrogen) atoms. The molecule has 0 saturated carbocycles. The molecular weight excluding hydrogens is 246 g/mol. The van der Waals surface area contributed by atoms with Crippen molar-refractivity contribution in [2.45, 2.75) is 45.6 Å². The molecule has 2 atom stereocenters. The summed E-state index contributed by atoms with van der Waals surface area (Å²) in [5.74, 6) is 0.452. The van der Waals surface area contributed by atoms with Crippen molar-refractivity contribution < 1.29 is 6.22 Å². The molecular formula is C18H27NO. The Kier molecular flexibility index (Phi) is 5.13. The number of likely N-dealkylation sites (N-methyl/N-ethyl adjacent to an activating group) is 1. The zero-order chi connectivity index (χ0) is 14.5. The van der Waals surface area contributed by atoms with Crippen LogP contribution in [0, 0.1) is 5.92 Å². The summed E-state index contributed by atoms with van der Waals surface area (Å²) in [7, 11) is 1.88. The normalized spacial score (nSPS) is 16.6. The molecule has 2 rings (SSSR count). The lowest BCUT2D eigenvalue weighted by atomic mass is 9.90. The molecule has 0 aliphatic heterocycles. The highest BCUT2D eigenvalue weighted by Crippen LogP contribution is 2.21. The molecule has 0 radical (unpaired) electrons. The summed E-state index contributed by atoms with van der Waals surface area (Å²) in [4.78, 5) is 12.3. The maximum Gasteiger partial charge on any atom is 0.152 e. The van der Waals surface area contributed by atoms with E-state index < -0.39 is 0 Å². The van der Waals surface area contributed by atoms with E-state index in [0.717, 1.165) is 25.7 Å². The van der Waals surface area contributed by atoms with Crippen LogP contribution in [0.3, 0.4) is 0 Å². The maximum atomic E-state index is 12.3. The minimum Gasteiger partial charge on any atom is -0.310 e. The zero-order valence-electron chi connectivity index (χ0n) is 12.8. The minimum absolute atomic E-state index is 0. The smallest absolute Gasteiger partial charge is 0.152 e. The Labute approximate surface area is 123 Å². The fourth-order valence-corrected chi connectivity index (χ4v) is 2.73. The van der Waals surface area contributed by atoms with Crippen molar-refractivity contribution in [3.05, 3.63) is 41.0 Å². The Morgan fingerprint density at radius 1 is 1.45 bits per heavy atom. The van der Waals surface area contributed by atoms with Crippen molar-refractivity contribution in [1.82, 2.24) is 5.32 Å². The number of carbonyl (C=O) groups excluding carboxylic acids is 1. The molecule has 2 nitrogen and oxygen atoms in total. The van der Waals surface area contributed by atoms with Gasteiger partial charge in [0.25, 0.3) is 0 Å². The van der Waals surface area contributed by atoms with Gasteiger partial charge in [-0.3, -0.25) is 4.79 Å². The first-order chi connectivity index (χ1) is 9.65. The number of allylic oxidation sites excluding steroid dienone is 1. The summed E-state index contributed by atoms with van der Waals surface area (Å²) in [5, 5.41) is 3.18. The molecule has 1 unspecified atom stereocenters. The molecule has 1 aliphatic rings. The molecule has 1 aromatic rings. The molecule has 0 bridgehead atoms. The van der Waals surface area contributed by atoms with Gasteiger partial charge in [-0.2, -0.15) is 0 Å². The van der Waals surface area contributed by atoms with E-state index in [0.29, 0.717) is 5.78 Å². The number of ketones is 1. The topological polar surface area (TPSA) is 29.1 Å². The van der Waals surface area contributed by atoms with Crippen LogP contribution in [0.5, 0.6) is 0 Å². The SMILES string of the molecule is CCC(C)C(=O)[C@H](Cc1ccc2c(c1)C=CCC2)NC.[HH]. The number of Topliss-reactive ketones (excluding diaryl/α,β-unsaturated/α-hetero) is 1. The van der Waals surface area contributed by atoms with Gasteiger partial charge < -0.3 is 5.32 Å². The molecule has 110 valence electrons. The van der Waals surface area contributed by atoms with Gasteiger partial charge in [-0.25, -0.2) is 0 Å². The lowest BCUT2D eigenvalue weighted by Gasteiger charge is -2.20. The number of nitrogens with one attached hydrogen (secondary N) is 1. The first kappa shape index (κ1) is 15.0. The Morgan fingerprint density at radius 2 is 2.25 bits per heavy atom. The molecule has 0 spiro atoms. The summed E-state index contributed by atoms with van der Waals surface area (Å²) < 4.78 is 0. The third-order valence-electron chi connectivity index (χ3n) is 4.32. The van der Waals surface area contributed by atoms with Gasteiger partial charge in [0.15, 0.2) is 5.78 Å². The molecule has 1 aliphatic carbocycles. The number of aryl methyl sites for hydroxylation is 1. The molecule has 1 aromatic carbocycles. The zero-order valence-corrected chi connectivity index (χ0v) is 12.8. The van der Waals surface area contributed by atoms with Crippen LogP contribution in [0.2, 0.25) is 0 Å². The molecule has 0 amide bonds. The predicted molar refractivity (Wildman–Crippen MR) is 86.9 cm³/mol. The molecule has 0 aromatic heterocycles. The maximum absolute atomic E-state index is 12.3. The fourth-order valence-electron chi connectivity index (χ4n) is 2.73. The van der Waals surface area contributed by atoms with Crippen LogP contribution in [0.4, 0.5) is 0 Å².